The largest absolute Gasteiger partial charge is 0.444 e. The quantitative estimate of drug-likeness (QED) is 0.395. The maximum atomic E-state index is 15.0. The molecule has 3 rings (SSSR count). The van der Waals surface area contributed by atoms with Gasteiger partial charge in [0.05, 0.1) is 16.6 Å². The third kappa shape index (κ3) is 6.31. The van der Waals surface area contributed by atoms with Gasteiger partial charge in [0.25, 0.3) is 0 Å². The van der Waals surface area contributed by atoms with E-state index in [1.165, 1.54) is 0 Å². The van der Waals surface area contributed by atoms with Gasteiger partial charge < -0.3 is 14.4 Å². The SMILES string of the molecule is Cc1cc(F)c2c(C3CCN(C(=O)OC(C)(C)C)CC3)nn(COCC[Si](C)(C)C)c2c1. The number of ether oxygens (including phenoxy) is 2. The predicted molar refractivity (Wildman–Crippen MR) is 128 cm³/mol. The van der Waals surface area contributed by atoms with Crippen LogP contribution in [0.4, 0.5) is 9.18 Å². The number of carbonyl (C=O) groups excluding carboxylic acids is 1. The minimum absolute atomic E-state index is 0.0941. The molecule has 2 heterocycles. The summed E-state index contributed by atoms with van der Waals surface area (Å²) in [6.07, 6.45) is 1.17. The Hall–Kier alpha value is -1.93. The number of amides is 1. The zero-order valence-electron chi connectivity index (χ0n) is 20.6. The van der Waals surface area contributed by atoms with E-state index in [2.05, 4.69) is 19.6 Å². The number of rotatable bonds is 6. The topological polar surface area (TPSA) is 56.6 Å². The molecule has 1 aromatic carbocycles. The van der Waals surface area contributed by atoms with Crippen LogP contribution in [0.15, 0.2) is 12.1 Å². The Morgan fingerprint density at radius 2 is 1.88 bits per heavy atom. The molecule has 0 N–H and O–H groups in total. The fourth-order valence-electron chi connectivity index (χ4n) is 3.99. The highest BCUT2D eigenvalue weighted by Gasteiger charge is 2.30. The van der Waals surface area contributed by atoms with E-state index in [0.717, 1.165) is 35.7 Å². The molecular weight excluding hydrogens is 425 g/mol. The number of nitrogens with zero attached hydrogens (tertiary/aromatic N) is 3. The van der Waals surface area contributed by atoms with Crippen molar-refractivity contribution in [2.24, 2.45) is 0 Å². The van der Waals surface area contributed by atoms with Crippen LogP contribution in [0.5, 0.6) is 0 Å². The number of aryl methyl sites for hydroxylation is 1. The van der Waals surface area contributed by atoms with E-state index in [1.54, 1.807) is 15.6 Å². The number of hydrogen-bond donors (Lipinski definition) is 0. The second-order valence-corrected chi connectivity index (χ2v) is 16.7. The lowest BCUT2D eigenvalue weighted by atomic mass is 9.91. The van der Waals surface area contributed by atoms with Crippen LogP contribution in [0.1, 0.15) is 50.8 Å². The van der Waals surface area contributed by atoms with Crippen molar-refractivity contribution in [2.75, 3.05) is 19.7 Å². The zero-order valence-corrected chi connectivity index (χ0v) is 21.6. The van der Waals surface area contributed by atoms with Crippen molar-refractivity contribution in [3.8, 4) is 0 Å². The van der Waals surface area contributed by atoms with Crippen molar-refractivity contribution >= 4 is 25.1 Å². The molecule has 32 heavy (non-hydrogen) atoms. The van der Waals surface area contributed by atoms with Crippen LogP contribution in [0.3, 0.4) is 0 Å². The van der Waals surface area contributed by atoms with Crippen LogP contribution in [0.25, 0.3) is 10.9 Å². The lowest BCUT2D eigenvalue weighted by Crippen LogP contribution is -2.41. The molecule has 0 saturated carbocycles. The third-order valence-electron chi connectivity index (χ3n) is 5.72. The van der Waals surface area contributed by atoms with Crippen LogP contribution in [-0.2, 0) is 16.2 Å². The molecule has 1 amide bonds. The van der Waals surface area contributed by atoms with Gasteiger partial charge in [0.2, 0.25) is 0 Å². The highest BCUT2D eigenvalue weighted by Crippen LogP contribution is 2.35. The number of hydrogen-bond acceptors (Lipinski definition) is 4. The normalized spacial score (nSPS) is 16.1. The van der Waals surface area contributed by atoms with Crippen LogP contribution < -0.4 is 0 Å². The van der Waals surface area contributed by atoms with Crippen molar-refractivity contribution in [1.82, 2.24) is 14.7 Å². The smallest absolute Gasteiger partial charge is 0.410 e. The Morgan fingerprint density at radius 1 is 1.22 bits per heavy atom. The Bertz CT molecular complexity index is 954. The van der Waals surface area contributed by atoms with Gasteiger partial charge >= 0.3 is 6.09 Å². The molecule has 2 aromatic rings. The molecule has 0 unspecified atom stereocenters. The summed E-state index contributed by atoms with van der Waals surface area (Å²) >= 11 is 0. The molecule has 0 spiro atoms. The van der Waals surface area contributed by atoms with Crippen LogP contribution in [-0.4, -0.2) is 54.1 Å². The van der Waals surface area contributed by atoms with Crippen molar-refractivity contribution in [1.29, 1.82) is 0 Å². The predicted octanol–water partition coefficient (Wildman–Crippen LogP) is 5.91. The summed E-state index contributed by atoms with van der Waals surface area (Å²) in [7, 11) is -1.18. The lowest BCUT2D eigenvalue weighted by Gasteiger charge is -2.33. The summed E-state index contributed by atoms with van der Waals surface area (Å²) in [6, 6.07) is 4.63. The number of fused-ring (bicyclic) bond motifs is 1. The monoisotopic (exact) mass is 463 g/mol. The van der Waals surface area contributed by atoms with Crippen molar-refractivity contribution < 1.29 is 18.7 Å². The Morgan fingerprint density at radius 3 is 2.47 bits per heavy atom. The summed E-state index contributed by atoms with van der Waals surface area (Å²) in [5, 5.41) is 5.39. The summed E-state index contributed by atoms with van der Waals surface area (Å²) in [5.74, 6) is -0.144. The van der Waals surface area contributed by atoms with Gasteiger partial charge in [-0.1, -0.05) is 19.6 Å². The van der Waals surface area contributed by atoms with Gasteiger partial charge in [0, 0.05) is 33.7 Å². The number of aromatic nitrogens is 2. The minimum atomic E-state index is -1.18. The fourth-order valence-corrected chi connectivity index (χ4v) is 4.75. The molecule has 1 aliphatic rings. The number of piperidine rings is 1. The lowest BCUT2D eigenvalue weighted by molar-refractivity contribution is 0.0204. The van der Waals surface area contributed by atoms with Crippen LogP contribution in [0, 0.1) is 12.7 Å². The van der Waals surface area contributed by atoms with E-state index in [4.69, 9.17) is 14.6 Å². The first-order chi connectivity index (χ1) is 14.8. The van der Waals surface area contributed by atoms with E-state index in [9.17, 15) is 4.79 Å². The molecule has 8 heteroatoms. The van der Waals surface area contributed by atoms with E-state index in [-0.39, 0.29) is 17.8 Å². The standard InChI is InChI=1S/C24H38FN3O3Si/c1-17-14-19(25)21-20(15-17)28(16-30-12-13-32(5,6)7)26-22(21)18-8-10-27(11-9-18)23(29)31-24(2,3)4/h14-15,18H,8-13,16H2,1-7H3. The van der Waals surface area contributed by atoms with E-state index in [1.807, 2.05) is 33.8 Å². The highest BCUT2D eigenvalue weighted by atomic mass is 28.3. The van der Waals surface area contributed by atoms with E-state index in [0.29, 0.717) is 31.8 Å². The fraction of sp³-hybridized carbons (Fsp3) is 0.667. The molecule has 0 aliphatic carbocycles. The van der Waals surface area contributed by atoms with Crippen molar-refractivity contribution in [2.45, 2.75) is 84.5 Å². The van der Waals surface area contributed by atoms with Gasteiger partial charge in [-0.3, -0.25) is 0 Å². The molecule has 1 aromatic heterocycles. The number of carbonyl (C=O) groups is 1. The molecular formula is C24H38FN3O3Si. The molecule has 1 fully saturated rings. The first-order valence-electron chi connectivity index (χ1n) is 11.6. The van der Waals surface area contributed by atoms with Gasteiger partial charge in [-0.2, -0.15) is 5.10 Å². The minimum Gasteiger partial charge on any atom is -0.444 e. The molecule has 6 nitrogen and oxygen atoms in total. The summed E-state index contributed by atoms with van der Waals surface area (Å²) < 4.78 is 28.3. The van der Waals surface area contributed by atoms with Crippen LogP contribution in [0.2, 0.25) is 25.7 Å². The van der Waals surface area contributed by atoms with Crippen molar-refractivity contribution in [3.05, 3.63) is 29.2 Å². The van der Waals surface area contributed by atoms with Crippen molar-refractivity contribution in [3.63, 3.8) is 0 Å². The third-order valence-corrected chi connectivity index (χ3v) is 7.42. The average Bonchev–Trinajstić information content (AvgIpc) is 3.02. The van der Waals surface area contributed by atoms with Gasteiger partial charge in [0.15, 0.2) is 0 Å². The van der Waals surface area contributed by atoms with Gasteiger partial charge in [-0.05, 0) is 64.3 Å². The molecule has 0 radical (unpaired) electrons. The Balaban J connectivity index is 1.76. The summed E-state index contributed by atoms with van der Waals surface area (Å²) in [5.41, 5.74) is 1.90. The highest BCUT2D eigenvalue weighted by molar-refractivity contribution is 6.76. The summed E-state index contributed by atoms with van der Waals surface area (Å²) in [6.45, 7) is 16.6. The van der Waals surface area contributed by atoms with Gasteiger partial charge in [-0.25, -0.2) is 13.9 Å². The molecule has 178 valence electrons. The average molecular weight is 464 g/mol. The Kier molecular flexibility index (Phi) is 7.34. The van der Waals surface area contributed by atoms with E-state index >= 15 is 4.39 Å². The number of halogens is 1. The molecule has 0 bridgehead atoms. The molecule has 0 atom stereocenters. The first kappa shape index (κ1) is 24.7. The zero-order chi connectivity index (χ0) is 23.7. The first-order valence-corrected chi connectivity index (χ1v) is 15.3. The number of benzene rings is 1. The maximum absolute atomic E-state index is 15.0. The molecule has 1 aliphatic heterocycles. The van der Waals surface area contributed by atoms with Gasteiger partial charge in [0.1, 0.15) is 18.1 Å². The molecule has 1 saturated heterocycles. The van der Waals surface area contributed by atoms with Gasteiger partial charge in [-0.15, -0.1) is 0 Å². The second kappa shape index (κ2) is 9.51. The second-order valence-electron chi connectivity index (χ2n) is 11.1. The maximum Gasteiger partial charge on any atom is 0.410 e. The van der Waals surface area contributed by atoms with E-state index < -0.39 is 13.7 Å². The summed E-state index contributed by atoms with van der Waals surface area (Å²) in [4.78, 5) is 14.1. The van der Waals surface area contributed by atoms with Crippen LogP contribution >= 0.6 is 0 Å². The Labute approximate surface area is 192 Å². The number of likely N-dealkylation sites (tertiary alicyclic amines) is 1.